The maximum atomic E-state index is 15.9. The van der Waals surface area contributed by atoms with Crippen LogP contribution in [0.3, 0.4) is 0 Å². The van der Waals surface area contributed by atoms with Crippen LogP contribution in [-0.4, -0.2) is 71.4 Å². The van der Waals surface area contributed by atoms with Crippen LogP contribution in [0.25, 0.3) is 11.3 Å². The second-order valence-corrected chi connectivity index (χ2v) is 13.4. The number of carboxylic acids is 1. The van der Waals surface area contributed by atoms with E-state index < -0.39 is 18.0 Å². The van der Waals surface area contributed by atoms with E-state index >= 15 is 4.39 Å². The molecule has 3 heterocycles. The van der Waals surface area contributed by atoms with E-state index in [1.165, 1.54) is 11.3 Å². The lowest BCUT2D eigenvalue weighted by atomic mass is 9.93. The number of aliphatic carboxylic acids is 1. The van der Waals surface area contributed by atoms with Gasteiger partial charge in [-0.2, -0.15) is 0 Å². The number of carbonyl (C=O) groups is 1. The molecule has 1 N–H and O–H groups in total. The number of hydrogen-bond donors (Lipinski definition) is 1. The summed E-state index contributed by atoms with van der Waals surface area (Å²) in [7, 11) is 3.20. The monoisotopic (exact) mass is 737 g/mol. The molecule has 44 heavy (non-hydrogen) atoms. The van der Waals surface area contributed by atoms with Crippen LogP contribution in [0.5, 0.6) is 11.5 Å². The standard InChI is InChI=1S/C33H41FIN3O5S/c1-5-22(8-11-35)37-12-9-23-26(16-37)29(41-3)15-21(31(23)34)18-43-28-7-6-20(2)14-25(28)27-19-44-33(36-27)38-13-10-24(32(39)40)30(17-38)42-4/h6-7,14-15,19,22,24,30H,5,8-13,16-18H2,1-4H3,(H,39,40)/t22?,24-,30+/m1/s1. The molecule has 1 saturated heterocycles. The highest BCUT2D eigenvalue weighted by molar-refractivity contribution is 14.1. The molecule has 1 unspecified atom stereocenters. The van der Waals surface area contributed by atoms with Crippen LogP contribution in [-0.2, 0) is 29.1 Å². The summed E-state index contributed by atoms with van der Waals surface area (Å²) < 4.78 is 34.6. The number of nitrogens with zero attached hydrogens (tertiary/aromatic N) is 3. The Balaban J connectivity index is 1.35. The second kappa shape index (κ2) is 14.7. The lowest BCUT2D eigenvalue weighted by molar-refractivity contribution is -0.147. The van der Waals surface area contributed by atoms with Gasteiger partial charge in [-0.15, -0.1) is 11.3 Å². The number of aryl methyl sites for hydroxylation is 1. The van der Waals surface area contributed by atoms with Crippen LogP contribution < -0.4 is 14.4 Å². The fourth-order valence-corrected chi connectivity index (χ4v) is 7.98. The molecule has 238 valence electrons. The van der Waals surface area contributed by atoms with Gasteiger partial charge >= 0.3 is 5.97 Å². The zero-order chi connectivity index (χ0) is 31.4. The largest absolute Gasteiger partial charge is 0.496 e. The predicted octanol–water partition coefficient (Wildman–Crippen LogP) is 6.73. The van der Waals surface area contributed by atoms with Crippen molar-refractivity contribution in [2.75, 3.05) is 43.2 Å². The third-order valence-corrected chi connectivity index (χ3v) is 10.4. The topological polar surface area (TPSA) is 84.4 Å². The van der Waals surface area contributed by atoms with E-state index in [-0.39, 0.29) is 12.4 Å². The van der Waals surface area contributed by atoms with Crippen molar-refractivity contribution in [2.45, 2.75) is 64.8 Å². The molecule has 11 heteroatoms. The molecule has 0 bridgehead atoms. The number of rotatable bonds is 12. The van der Waals surface area contributed by atoms with E-state index in [0.717, 1.165) is 56.9 Å². The summed E-state index contributed by atoms with van der Waals surface area (Å²) in [6.07, 6.45) is 2.94. The minimum absolute atomic E-state index is 0.0664. The zero-order valence-electron chi connectivity index (χ0n) is 25.8. The van der Waals surface area contributed by atoms with E-state index in [4.69, 9.17) is 19.2 Å². The molecule has 3 aromatic rings. The van der Waals surface area contributed by atoms with Crippen molar-refractivity contribution in [3.05, 3.63) is 57.7 Å². The van der Waals surface area contributed by atoms with Crippen molar-refractivity contribution in [2.24, 2.45) is 5.92 Å². The molecule has 0 saturated carbocycles. The molecule has 0 radical (unpaired) electrons. The highest BCUT2D eigenvalue weighted by atomic mass is 127. The Morgan fingerprint density at radius 1 is 1.23 bits per heavy atom. The number of methoxy groups -OCH3 is 2. The van der Waals surface area contributed by atoms with Gasteiger partial charge in [-0.25, -0.2) is 9.37 Å². The summed E-state index contributed by atoms with van der Waals surface area (Å²) in [4.78, 5) is 21.1. The fourth-order valence-electron chi connectivity index (χ4n) is 6.40. The van der Waals surface area contributed by atoms with E-state index in [0.29, 0.717) is 55.6 Å². The van der Waals surface area contributed by atoms with Crippen LogP contribution in [0.2, 0.25) is 0 Å². The van der Waals surface area contributed by atoms with Crippen molar-refractivity contribution in [1.29, 1.82) is 0 Å². The van der Waals surface area contributed by atoms with Gasteiger partial charge in [0.25, 0.3) is 0 Å². The molecule has 0 spiro atoms. The maximum Gasteiger partial charge on any atom is 0.309 e. The van der Waals surface area contributed by atoms with Crippen molar-refractivity contribution in [3.63, 3.8) is 0 Å². The number of thiazole rings is 1. The van der Waals surface area contributed by atoms with Crippen molar-refractivity contribution >= 4 is 45.0 Å². The Morgan fingerprint density at radius 3 is 2.75 bits per heavy atom. The summed E-state index contributed by atoms with van der Waals surface area (Å²) in [5.74, 6) is -0.223. The van der Waals surface area contributed by atoms with Crippen LogP contribution in [0.15, 0.2) is 29.6 Å². The van der Waals surface area contributed by atoms with E-state index in [1.807, 2.05) is 30.5 Å². The highest BCUT2D eigenvalue weighted by Gasteiger charge is 2.35. The lowest BCUT2D eigenvalue weighted by Crippen LogP contribution is -2.47. The number of benzene rings is 2. The van der Waals surface area contributed by atoms with Crippen molar-refractivity contribution < 1.29 is 28.5 Å². The second-order valence-electron chi connectivity index (χ2n) is 11.5. The Morgan fingerprint density at radius 2 is 2.05 bits per heavy atom. The first-order valence-electron chi connectivity index (χ1n) is 15.1. The van der Waals surface area contributed by atoms with Crippen molar-refractivity contribution in [1.82, 2.24) is 9.88 Å². The normalized spacial score (nSPS) is 19.5. The Labute approximate surface area is 276 Å². The molecule has 3 atom stereocenters. The number of ether oxygens (including phenoxy) is 3. The first-order valence-corrected chi connectivity index (χ1v) is 17.5. The molecular weight excluding hydrogens is 696 g/mol. The van der Waals surface area contributed by atoms with Gasteiger partial charge in [-0.05, 0) is 56.4 Å². The smallest absolute Gasteiger partial charge is 0.309 e. The first-order chi connectivity index (χ1) is 21.3. The third-order valence-electron chi connectivity index (χ3n) is 8.91. The highest BCUT2D eigenvalue weighted by Crippen LogP contribution is 2.38. The average molecular weight is 738 g/mol. The number of aromatic nitrogens is 1. The number of piperidine rings is 1. The minimum Gasteiger partial charge on any atom is -0.496 e. The third kappa shape index (κ3) is 7.00. The van der Waals surface area contributed by atoms with Crippen LogP contribution in [0.4, 0.5) is 9.52 Å². The van der Waals surface area contributed by atoms with Gasteiger partial charge in [0.05, 0.1) is 24.8 Å². The predicted molar refractivity (Wildman–Crippen MR) is 180 cm³/mol. The van der Waals surface area contributed by atoms with Gasteiger partial charge in [0, 0.05) is 65.8 Å². The number of carboxylic acid groups (broad SMARTS) is 1. The molecule has 2 aliphatic rings. The zero-order valence-corrected chi connectivity index (χ0v) is 28.7. The minimum atomic E-state index is -0.829. The van der Waals surface area contributed by atoms with Gasteiger partial charge in [0.15, 0.2) is 5.13 Å². The van der Waals surface area contributed by atoms with E-state index in [9.17, 15) is 9.90 Å². The quantitative estimate of drug-likeness (QED) is 0.162. The van der Waals surface area contributed by atoms with Crippen LogP contribution in [0.1, 0.15) is 48.4 Å². The molecule has 0 aliphatic carbocycles. The number of hydrogen-bond acceptors (Lipinski definition) is 8. The molecule has 8 nitrogen and oxygen atoms in total. The molecule has 2 aromatic carbocycles. The number of anilines is 1. The Hall–Kier alpha value is -2.48. The number of fused-ring (bicyclic) bond motifs is 1. The van der Waals surface area contributed by atoms with E-state index in [2.05, 4.69) is 39.3 Å². The van der Waals surface area contributed by atoms with Crippen LogP contribution in [0, 0.1) is 18.7 Å². The number of halogens is 2. The molecule has 1 aromatic heterocycles. The van der Waals surface area contributed by atoms with Gasteiger partial charge in [0.1, 0.15) is 23.9 Å². The average Bonchev–Trinajstić information content (AvgIpc) is 3.53. The van der Waals surface area contributed by atoms with Gasteiger partial charge in [-0.3, -0.25) is 9.69 Å². The maximum absolute atomic E-state index is 15.9. The lowest BCUT2D eigenvalue weighted by Gasteiger charge is -2.36. The SMILES string of the molecule is CCC(CCI)N1CCc2c(F)c(COc3ccc(C)cc3-c3csc(N4CC[C@@H](C(=O)O)[C@@H](OC)C4)n3)cc(OC)c2C1. The first kappa shape index (κ1) is 32.9. The van der Waals surface area contributed by atoms with Gasteiger partial charge < -0.3 is 24.2 Å². The summed E-state index contributed by atoms with van der Waals surface area (Å²) >= 11 is 3.94. The summed E-state index contributed by atoms with van der Waals surface area (Å²) in [5.41, 5.74) is 4.81. The van der Waals surface area contributed by atoms with Gasteiger partial charge in [-0.1, -0.05) is 41.1 Å². The summed E-state index contributed by atoms with van der Waals surface area (Å²) in [5, 5.41) is 12.3. The summed E-state index contributed by atoms with van der Waals surface area (Å²) in [6, 6.07) is 8.19. The molecule has 0 amide bonds. The Bertz CT molecular complexity index is 1470. The Kier molecular flexibility index (Phi) is 11.0. The van der Waals surface area contributed by atoms with Gasteiger partial charge in [0.2, 0.25) is 0 Å². The number of alkyl halides is 1. The van der Waals surface area contributed by atoms with Crippen LogP contribution >= 0.6 is 33.9 Å². The molecule has 5 rings (SSSR count). The van der Waals surface area contributed by atoms with Crippen molar-refractivity contribution in [3.8, 4) is 22.8 Å². The fraction of sp³-hybridized carbons (Fsp3) is 0.515. The van der Waals surface area contributed by atoms with E-state index in [1.54, 1.807) is 20.3 Å². The summed E-state index contributed by atoms with van der Waals surface area (Å²) in [6.45, 7) is 6.88. The molecule has 2 aliphatic heterocycles. The molecule has 1 fully saturated rings. The molecular formula is C33H41FIN3O5S.